The topological polar surface area (TPSA) is 61.6 Å². The Balaban J connectivity index is 2.43. The molecule has 3 aromatic carbocycles. The lowest BCUT2D eigenvalue weighted by Gasteiger charge is -2.17. The van der Waals surface area contributed by atoms with Gasteiger partial charge in [-0.15, -0.1) is 0 Å². The third-order valence-electron chi connectivity index (χ3n) is 4.53. The number of rotatable bonds is 5. The third-order valence-corrected chi connectivity index (χ3v) is 4.53. The van der Waals surface area contributed by atoms with Crippen LogP contribution in [-0.2, 0) is 0 Å². The van der Waals surface area contributed by atoms with Gasteiger partial charge in [0.2, 0.25) is 5.75 Å². The van der Waals surface area contributed by atoms with Gasteiger partial charge in [0.15, 0.2) is 5.75 Å². The van der Waals surface area contributed by atoms with Crippen LogP contribution in [0, 0.1) is 24.0 Å². The lowest BCUT2D eigenvalue weighted by molar-refractivity contribution is -0.385. The second kappa shape index (κ2) is 7.50. The molecule has 0 spiro atoms. The first-order valence-electron chi connectivity index (χ1n) is 8.53. The summed E-state index contributed by atoms with van der Waals surface area (Å²) < 4.78 is 10.8. The first kappa shape index (κ1) is 18.5. The molecule has 0 aliphatic rings. The van der Waals surface area contributed by atoms with Crippen LogP contribution >= 0.6 is 0 Å². The van der Waals surface area contributed by atoms with E-state index in [1.807, 2.05) is 62.4 Å². The van der Waals surface area contributed by atoms with Crippen LogP contribution in [-0.4, -0.2) is 19.1 Å². The quantitative estimate of drug-likeness (QED) is 0.440. The van der Waals surface area contributed by atoms with Gasteiger partial charge in [0.05, 0.1) is 24.7 Å². The van der Waals surface area contributed by atoms with Gasteiger partial charge in [-0.05, 0) is 31.0 Å². The highest BCUT2D eigenvalue weighted by Crippen LogP contribution is 2.49. The van der Waals surface area contributed by atoms with Gasteiger partial charge >= 0.3 is 5.69 Å². The molecule has 0 fully saturated rings. The number of hydrogen-bond donors (Lipinski definition) is 0. The molecule has 3 rings (SSSR count). The average molecular weight is 363 g/mol. The maximum absolute atomic E-state index is 12.0. The summed E-state index contributed by atoms with van der Waals surface area (Å²) in [6.07, 6.45) is 0. The Morgan fingerprint density at radius 2 is 1.33 bits per heavy atom. The zero-order valence-corrected chi connectivity index (χ0v) is 15.8. The maximum Gasteiger partial charge on any atom is 0.323 e. The molecule has 0 unspecified atom stereocenters. The standard InChI is InChI=1S/C22H21NO4/c1-14-5-9-16(10-6-14)18-13-19(26-3)22(27-4)21(23(24)25)20(18)17-11-7-15(2)8-12-17/h5-13H,1-4H3. The van der Waals surface area contributed by atoms with Gasteiger partial charge in [-0.2, -0.15) is 0 Å². The summed E-state index contributed by atoms with van der Waals surface area (Å²) in [5.74, 6) is 0.449. The maximum atomic E-state index is 12.0. The van der Waals surface area contributed by atoms with Crippen molar-refractivity contribution in [1.29, 1.82) is 0 Å². The van der Waals surface area contributed by atoms with Crippen LogP contribution in [0.2, 0.25) is 0 Å². The molecule has 0 heterocycles. The van der Waals surface area contributed by atoms with Gasteiger partial charge in [-0.3, -0.25) is 10.1 Å². The molecule has 0 bridgehead atoms. The summed E-state index contributed by atoms with van der Waals surface area (Å²) in [5, 5.41) is 12.0. The van der Waals surface area contributed by atoms with Crippen molar-refractivity contribution in [2.75, 3.05) is 14.2 Å². The predicted molar refractivity (Wildman–Crippen MR) is 107 cm³/mol. The minimum Gasteiger partial charge on any atom is -0.493 e. The van der Waals surface area contributed by atoms with Crippen LogP contribution in [0.1, 0.15) is 11.1 Å². The van der Waals surface area contributed by atoms with E-state index in [-0.39, 0.29) is 11.4 Å². The Morgan fingerprint density at radius 1 is 0.815 bits per heavy atom. The smallest absolute Gasteiger partial charge is 0.323 e. The molecule has 0 saturated carbocycles. The molecule has 3 aromatic rings. The number of aryl methyl sites for hydroxylation is 2. The van der Waals surface area contributed by atoms with E-state index in [9.17, 15) is 10.1 Å². The van der Waals surface area contributed by atoms with Crippen molar-refractivity contribution in [2.24, 2.45) is 0 Å². The zero-order chi connectivity index (χ0) is 19.6. The Labute approximate surface area is 158 Å². The van der Waals surface area contributed by atoms with E-state index < -0.39 is 4.92 Å². The van der Waals surface area contributed by atoms with Crippen LogP contribution < -0.4 is 9.47 Å². The highest BCUT2D eigenvalue weighted by atomic mass is 16.6. The number of benzene rings is 3. The Hall–Kier alpha value is -3.34. The highest BCUT2D eigenvalue weighted by molar-refractivity contribution is 5.93. The molecule has 0 N–H and O–H groups in total. The average Bonchev–Trinajstić information content (AvgIpc) is 2.67. The molecule has 0 aliphatic carbocycles. The molecule has 5 heteroatoms. The van der Waals surface area contributed by atoms with E-state index in [1.165, 1.54) is 14.2 Å². The number of hydrogen-bond acceptors (Lipinski definition) is 4. The summed E-state index contributed by atoms with van der Waals surface area (Å²) in [5.41, 5.74) is 4.97. The first-order valence-corrected chi connectivity index (χ1v) is 8.53. The van der Waals surface area contributed by atoms with E-state index in [0.717, 1.165) is 27.8 Å². The molecule has 0 amide bonds. The molecule has 5 nitrogen and oxygen atoms in total. The minimum absolute atomic E-state index is 0.101. The van der Waals surface area contributed by atoms with Crippen LogP contribution in [0.25, 0.3) is 22.3 Å². The number of ether oxygens (including phenoxy) is 2. The highest BCUT2D eigenvalue weighted by Gasteiger charge is 2.30. The van der Waals surface area contributed by atoms with Gasteiger partial charge in [0.1, 0.15) is 0 Å². The minimum atomic E-state index is -0.408. The molecule has 27 heavy (non-hydrogen) atoms. The lowest BCUT2D eigenvalue weighted by Crippen LogP contribution is -2.01. The number of nitro benzene ring substituents is 1. The second-order valence-electron chi connectivity index (χ2n) is 6.37. The molecule has 0 aromatic heterocycles. The summed E-state index contributed by atoms with van der Waals surface area (Å²) in [6.45, 7) is 3.98. The zero-order valence-electron chi connectivity index (χ0n) is 15.8. The van der Waals surface area contributed by atoms with Crippen LogP contribution in [0.5, 0.6) is 11.5 Å². The molecule has 138 valence electrons. The molecular weight excluding hydrogens is 342 g/mol. The summed E-state index contributed by atoms with van der Waals surface area (Å²) in [6, 6.07) is 17.3. The molecule has 0 radical (unpaired) electrons. The van der Waals surface area contributed by atoms with Crippen molar-refractivity contribution >= 4 is 5.69 Å². The van der Waals surface area contributed by atoms with E-state index >= 15 is 0 Å². The fourth-order valence-corrected chi connectivity index (χ4v) is 3.12. The summed E-state index contributed by atoms with van der Waals surface area (Å²) >= 11 is 0. The number of nitro groups is 1. The van der Waals surface area contributed by atoms with Gasteiger partial charge in [-0.1, -0.05) is 59.7 Å². The largest absolute Gasteiger partial charge is 0.493 e. The van der Waals surface area contributed by atoms with E-state index in [0.29, 0.717) is 11.3 Å². The van der Waals surface area contributed by atoms with Crippen molar-refractivity contribution in [2.45, 2.75) is 13.8 Å². The van der Waals surface area contributed by atoms with Gasteiger partial charge in [0, 0.05) is 5.56 Å². The number of methoxy groups -OCH3 is 2. The fourth-order valence-electron chi connectivity index (χ4n) is 3.12. The molecular formula is C22H21NO4. The molecule has 0 aliphatic heterocycles. The van der Waals surface area contributed by atoms with Crippen LogP contribution in [0.3, 0.4) is 0 Å². The van der Waals surface area contributed by atoms with Crippen LogP contribution in [0.4, 0.5) is 5.69 Å². The monoisotopic (exact) mass is 363 g/mol. The lowest BCUT2D eigenvalue weighted by atomic mass is 9.91. The van der Waals surface area contributed by atoms with E-state index in [2.05, 4.69) is 0 Å². The Kier molecular flexibility index (Phi) is 5.12. The van der Waals surface area contributed by atoms with Gasteiger partial charge in [-0.25, -0.2) is 0 Å². The van der Waals surface area contributed by atoms with Crippen molar-refractivity contribution in [3.05, 3.63) is 75.8 Å². The van der Waals surface area contributed by atoms with Crippen molar-refractivity contribution in [3.8, 4) is 33.8 Å². The Bertz CT molecular complexity index is 977. The van der Waals surface area contributed by atoms with Gasteiger partial charge in [0.25, 0.3) is 0 Å². The second-order valence-corrected chi connectivity index (χ2v) is 6.37. The normalized spacial score (nSPS) is 10.5. The predicted octanol–water partition coefficient (Wildman–Crippen LogP) is 5.56. The fraction of sp³-hybridized carbons (Fsp3) is 0.182. The summed E-state index contributed by atoms with van der Waals surface area (Å²) in [4.78, 5) is 11.6. The first-order chi connectivity index (χ1) is 13.0. The SMILES string of the molecule is COc1cc(-c2ccc(C)cc2)c(-c2ccc(C)cc2)c([N+](=O)[O-])c1OC. The summed E-state index contributed by atoms with van der Waals surface area (Å²) in [7, 11) is 2.89. The van der Waals surface area contributed by atoms with Crippen molar-refractivity contribution in [1.82, 2.24) is 0 Å². The van der Waals surface area contributed by atoms with Crippen LogP contribution in [0.15, 0.2) is 54.6 Å². The number of nitrogens with zero attached hydrogens (tertiary/aromatic N) is 1. The molecule has 0 saturated heterocycles. The van der Waals surface area contributed by atoms with E-state index in [4.69, 9.17) is 9.47 Å². The van der Waals surface area contributed by atoms with Gasteiger partial charge < -0.3 is 9.47 Å². The van der Waals surface area contributed by atoms with E-state index in [1.54, 1.807) is 6.07 Å². The third kappa shape index (κ3) is 3.49. The van der Waals surface area contributed by atoms with Crippen molar-refractivity contribution < 1.29 is 14.4 Å². The van der Waals surface area contributed by atoms with Crippen molar-refractivity contribution in [3.63, 3.8) is 0 Å². The molecule has 0 atom stereocenters. The Morgan fingerprint density at radius 3 is 1.78 bits per heavy atom.